The zero-order valence-corrected chi connectivity index (χ0v) is 45.1. The summed E-state index contributed by atoms with van der Waals surface area (Å²) in [5.41, 5.74) is 0. The fourth-order valence-corrected chi connectivity index (χ4v) is 30.8. The van der Waals surface area contributed by atoms with Crippen molar-refractivity contribution in [1.82, 2.24) is 0 Å². The van der Waals surface area contributed by atoms with Crippen LogP contribution in [0, 0.1) is 258 Å². The zero-order valence-electron chi connectivity index (χ0n) is 40.9. The predicted octanol–water partition coefficient (Wildman–Crippen LogP) is 13.9. The minimum Gasteiger partial charge on any atom is -0.412 e. The van der Waals surface area contributed by atoms with Gasteiger partial charge in [0.25, 0.3) is 0 Å². The van der Waals surface area contributed by atoms with Crippen LogP contribution in [0.5, 0.6) is 0 Å². The van der Waals surface area contributed by atoms with Gasteiger partial charge in [0.2, 0.25) is 0 Å². The van der Waals surface area contributed by atoms with Gasteiger partial charge in [-0.15, -0.1) is 0 Å². The van der Waals surface area contributed by atoms with Crippen molar-refractivity contribution in [3.8, 4) is 0 Å². The van der Waals surface area contributed by atoms with Gasteiger partial charge in [-0.2, -0.15) is 11.8 Å². The Morgan fingerprint density at radius 3 is 1.50 bits per heavy atom. The van der Waals surface area contributed by atoms with Gasteiger partial charge in [-0.05, 0) is 261 Å². The van der Waals surface area contributed by atoms with Crippen LogP contribution in [0.3, 0.4) is 0 Å². The van der Waals surface area contributed by atoms with E-state index in [0.717, 1.165) is 130 Å². The molecule has 0 amide bonds. The second-order valence-corrected chi connectivity index (χ2v) is 29.8. The maximum absolute atomic E-state index is 3.47. The number of rotatable bonds is 1. The zero-order chi connectivity index (χ0) is 39.0. The van der Waals surface area contributed by atoms with Gasteiger partial charge in [0.1, 0.15) is 0 Å². The van der Waals surface area contributed by atoms with Crippen LogP contribution >= 0.6 is 0 Å². The Bertz CT molecular complexity index is 1860. The molecule has 18 aliphatic rings. The van der Waals surface area contributed by atoms with Crippen LogP contribution in [0.4, 0.5) is 0 Å². The van der Waals surface area contributed by atoms with Gasteiger partial charge < -0.3 is 19.3 Å². The predicted molar refractivity (Wildman–Crippen MR) is 253 cm³/mol. The Hall–Kier alpha value is 1.01. The van der Waals surface area contributed by atoms with E-state index in [1.54, 1.807) is 135 Å². The second kappa shape index (κ2) is 14.6. The molecule has 18 aliphatic carbocycles. The van der Waals surface area contributed by atoms with E-state index in [1.807, 2.05) is 0 Å². The van der Waals surface area contributed by atoms with Gasteiger partial charge in [-0.1, -0.05) is 95.8 Å². The third kappa shape index (κ3) is 4.79. The van der Waals surface area contributed by atoms with E-state index in [0.29, 0.717) is 0 Å². The molecule has 0 bridgehead atoms. The maximum atomic E-state index is 3.47. The van der Waals surface area contributed by atoms with Crippen LogP contribution in [0.2, 0.25) is 0 Å². The van der Waals surface area contributed by atoms with Crippen molar-refractivity contribution in [2.45, 2.75) is 155 Å². The van der Waals surface area contributed by atoms with Gasteiger partial charge in [0.05, 0.1) is 0 Å². The summed E-state index contributed by atoms with van der Waals surface area (Å²) in [7, 11) is 0. The van der Waals surface area contributed by atoms with E-state index >= 15 is 0 Å². The van der Waals surface area contributed by atoms with Crippen molar-refractivity contribution in [3.05, 3.63) is 13.8 Å². The molecule has 64 heavy (non-hydrogen) atoms. The van der Waals surface area contributed by atoms with E-state index in [-0.39, 0.29) is 44.0 Å². The van der Waals surface area contributed by atoms with Crippen molar-refractivity contribution in [1.29, 1.82) is 0 Å². The second-order valence-electron chi connectivity index (χ2n) is 29.8. The third-order valence-electron chi connectivity index (χ3n) is 30.3. The molecule has 0 aromatic heterocycles. The molecule has 0 saturated heterocycles. The van der Waals surface area contributed by atoms with Gasteiger partial charge in [0, 0.05) is 0 Å². The molecule has 0 heterocycles. The summed E-state index contributed by atoms with van der Waals surface area (Å²) in [6.45, 7) is 5.54. The van der Waals surface area contributed by atoms with Crippen LogP contribution in [-0.2, 0) is 0 Å². The first kappa shape index (κ1) is 42.7. The smallest absolute Gasteiger partial charge is 0.412 e. The first-order valence-corrected chi connectivity index (χ1v) is 30.0. The Kier molecular flexibility index (Phi) is 9.72. The van der Waals surface area contributed by atoms with E-state index in [4.69, 9.17) is 0 Å². The SMILES string of the molecule is CCC1CC2CC3CCCC4C5CCC6C7CCC8C9CCCC%10CC%11CC%12CCCCC%12C%12CC%13C%14[CH-]C%15CCC%16C(C1C)C2C(C34)C1C%16C%15C(C%14C7C8C%13C(C%11%12)C%109)C6C51.O.[CH3-].[U+2]. The molecule has 2 N–H and O–H groups in total. The van der Waals surface area contributed by atoms with Crippen LogP contribution in [-0.4, -0.2) is 5.48 Å². The molecule has 18 rings (SSSR count). The summed E-state index contributed by atoms with van der Waals surface area (Å²) in [5, 5.41) is 0. The first-order chi connectivity index (χ1) is 30.2. The minimum absolute atomic E-state index is 0. The minimum atomic E-state index is 0. The Morgan fingerprint density at radius 1 is 0.344 bits per heavy atom. The molecule has 1 nitrogen and oxygen atoms in total. The monoisotopic (exact) mass is 1090 g/mol. The molecule has 0 aromatic carbocycles. The van der Waals surface area contributed by atoms with Crippen molar-refractivity contribution in [2.75, 3.05) is 0 Å². The van der Waals surface area contributed by atoms with Crippen LogP contribution in [0.25, 0.3) is 0 Å². The van der Waals surface area contributed by atoms with Crippen molar-refractivity contribution < 1.29 is 36.6 Å². The molecule has 0 aliphatic heterocycles. The van der Waals surface area contributed by atoms with Crippen molar-refractivity contribution in [3.63, 3.8) is 0 Å². The normalized spacial score (nSPS) is 69.3. The molecule has 0 aromatic rings. The largest absolute Gasteiger partial charge is 2.00 e. The number of fused-ring (bicyclic) bond motifs is 7. The van der Waals surface area contributed by atoms with Crippen LogP contribution < -0.4 is 0 Å². The van der Waals surface area contributed by atoms with Gasteiger partial charge in [0.15, 0.2) is 0 Å². The third-order valence-corrected chi connectivity index (χ3v) is 30.3. The Morgan fingerprint density at radius 2 is 0.812 bits per heavy atom. The van der Waals surface area contributed by atoms with Crippen LogP contribution in [0.1, 0.15) is 155 Å². The number of hydrogen-bond acceptors (Lipinski definition) is 0. The molecule has 36 atom stereocenters. The summed E-state index contributed by atoms with van der Waals surface area (Å²) in [6, 6.07) is 0. The van der Waals surface area contributed by atoms with Gasteiger partial charge in [-0.25, -0.2) is 0 Å². The molecular formula is C62H92OU. The number of hydrogen-bond donors (Lipinski definition) is 0. The molecule has 0 radical (unpaired) electrons. The van der Waals surface area contributed by atoms with Gasteiger partial charge >= 0.3 is 31.1 Å². The fourth-order valence-electron chi connectivity index (χ4n) is 30.8. The molecule has 36 unspecified atom stereocenters. The van der Waals surface area contributed by atoms with Crippen LogP contribution in [0.15, 0.2) is 0 Å². The summed E-state index contributed by atoms with van der Waals surface area (Å²) < 4.78 is 0. The summed E-state index contributed by atoms with van der Waals surface area (Å²) in [4.78, 5) is 0. The summed E-state index contributed by atoms with van der Waals surface area (Å²) in [6.07, 6.45) is 40.1. The summed E-state index contributed by atoms with van der Waals surface area (Å²) >= 11 is 0. The summed E-state index contributed by atoms with van der Waals surface area (Å²) in [5.74, 6) is 41.3. The van der Waals surface area contributed by atoms with Gasteiger partial charge in [-0.3, -0.25) is 0 Å². The average molecular weight is 1090 g/mol. The average Bonchev–Trinajstić information content (AvgIpc) is 3.30. The van der Waals surface area contributed by atoms with Crippen molar-refractivity contribution in [2.24, 2.45) is 213 Å². The molecule has 18 saturated carbocycles. The Balaban J connectivity index is 0.00000127. The molecule has 0 spiro atoms. The first-order valence-electron chi connectivity index (χ1n) is 30.0. The quantitative estimate of drug-likeness (QED) is 0.234. The van der Waals surface area contributed by atoms with E-state index < -0.39 is 0 Å². The molecule has 350 valence electrons. The topological polar surface area (TPSA) is 31.5 Å². The molecular weight excluding hydrogens is 999 g/mol. The molecule has 18 fully saturated rings. The fraction of sp³-hybridized carbons (Fsp3) is 0.968. The van der Waals surface area contributed by atoms with E-state index in [2.05, 4.69) is 20.3 Å². The molecule has 2 heteroatoms. The Labute approximate surface area is 415 Å². The standard InChI is InChI=1S/C61H87.CH3.H2O.U/c1-3-27-20-33-23-30-10-7-13-36-38-17-19-40-39-18-16-37-35-12-6-9-29-22-32-21-28-8-4-5-11-34(28)43-25-44-42-24-31-14-15-41-45(26(27)2)50(33)59(47(30)36)61-54(38)53(40)60(49(31)55(41)61)56(42)52(39)51(37)57(44)58(46(29)35)48(32)43;;;/h24,26-61H,3-23,25H2,1-2H3;1H3;1H2;/q2*-1;;+2. The maximum Gasteiger partial charge on any atom is 2.00 e. The van der Waals surface area contributed by atoms with E-state index in [1.165, 1.54) is 89.3 Å². The van der Waals surface area contributed by atoms with Crippen molar-refractivity contribution >= 4 is 0 Å². The van der Waals surface area contributed by atoms with E-state index in [9.17, 15) is 0 Å².